The van der Waals surface area contributed by atoms with Crippen LogP contribution in [0, 0.1) is 23.2 Å². The maximum atomic E-state index is 12.4. The van der Waals surface area contributed by atoms with Gasteiger partial charge in [-0.2, -0.15) is 0 Å². The fourth-order valence-corrected chi connectivity index (χ4v) is 4.84. The van der Waals surface area contributed by atoms with Crippen molar-refractivity contribution >= 4 is 11.8 Å². The van der Waals surface area contributed by atoms with Gasteiger partial charge in [-0.25, -0.2) is 0 Å². The number of carbonyl (C=O) groups excluding carboxylic acids is 2. The summed E-state index contributed by atoms with van der Waals surface area (Å²) in [7, 11) is 1.36. The molecule has 4 bridgehead atoms. The highest BCUT2D eigenvalue weighted by atomic mass is 16.5. The molecule has 94 valence electrons. The van der Waals surface area contributed by atoms with E-state index in [1.165, 1.54) is 26.4 Å². The maximum absolute atomic E-state index is 12.4. The number of carbonyl (C=O) groups is 2. The minimum absolute atomic E-state index is 0.0113. The molecule has 4 saturated carbocycles. The van der Waals surface area contributed by atoms with Gasteiger partial charge in [-0.15, -0.1) is 0 Å². The molecule has 0 saturated heterocycles. The summed E-state index contributed by atoms with van der Waals surface area (Å²) in [6.45, 7) is 0. The molecule has 0 aliphatic heterocycles. The molecule has 0 spiro atoms. The van der Waals surface area contributed by atoms with Crippen molar-refractivity contribution in [1.29, 1.82) is 0 Å². The van der Waals surface area contributed by atoms with Crippen LogP contribution in [0.2, 0.25) is 0 Å². The van der Waals surface area contributed by atoms with Gasteiger partial charge in [0.1, 0.15) is 12.2 Å². The Morgan fingerprint density at radius 3 is 1.94 bits per heavy atom. The molecule has 4 aliphatic rings. The number of Topliss-reactive ketones (excluding diaryl/α,β-unsaturated/α-hetero) is 1. The van der Waals surface area contributed by atoms with E-state index in [1.54, 1.807) is 0 Å². The molecule has 0 amide bonds. The highest BCUT2D eigenvalue weighted by molar-refractivity contribution is 5.99. The second-order valence-electron chi connectivity index (χ2n) is 6.37. The maximum Gasteiger partial charge on any atom is 0.313 e. The van der Waals surface area contributed by atoms with Crippen LogP contribution in [-0.2, 0) is 14.3 Å². The first-order valence-electron chi connectivity index (χ1n) is 6.71. The summed E-state index contributed by atoms with van der Waals surface area (Å²) in [5.41, 5.74) is -0.150. The lowest BCUT2D eigenvalue weighted by molar-refractivity contribution is -0.152. The lowest BCUT2D eigenvalue weighted by atomic mass is 9.48. The number of ether oxygens (including phenoxy) is 1. The molecule has 0 heterocycles. The highest BCUT2D eigenvalue weighted by Gasteiger charge is 2.54. The molecular weight excluding hydrogens is 216 g/mol. The summed E-state index contributed by atoms with van der Waals surface area (Å²) in [6.07, 6.45) is 7.07. The van der Waals surface area contributed by atoms with Crippen LogP contribution in [0.15, 0.2) is 0 Å². The van der Waals surface area contributed by atoms with E-state index in [9.17, 15) is 9.59 Å². The Morgan fingerprint density at radius 2 is 1.53 bits per heavy atom. The van der Waals surface area contributed by atoms with Crippen LogP contribution >= 0.6 is 0 Å². The molecule has 4 fully saturated rings. The van der Waals surface area contributed by atoms with Crippen molar-refractivity contribution in [2.24, 2.45) is 23.2 Å². The van der Waals surface area contributed by atoms with Crippen LogP contribution < -0.4 is 0 Å². The first-order chi connectivity index (χ1) is 8.11. The summed E-state index contributed by atoms with van der Waals surface area (Å²) in [4.78, 5) is 23.6. The quantitative estimate of drug-likeness (QED) is 0.558. The van der Waals surface area contributed by atoms with Gasteiger partial charge in [0, 0.05) is 5.41 Å². The predicted molar refractivity (Wildman–Crippen MR) is 62.2 cm³/mol. The number of rotatable bonds is 3. The summed E-state index contributed by atoms with van der Waals surface area (Å²) in [5, 5.41) is 0. The predicted octanol–water partition coefficient (Wildman–Crippen LogP) is 2.33. The Kier molecular flexibility index (Phi) is 2.53. The van der Waals surface area contributed by atoms with Crippen LogP contribution in [0.5, 0.6) is 0 Å². The van der Waals surface area contributed by atoms with E-state index in [0.717, 1.165) is 37.0 Å². The Labute approximate surface area is 102 Å². The zero-order chi connectivity index (χ0) is 12.0. The van der Waals surface area contributed by atoms with Crippen molar-refractivity contribution in [3.8, 4) is 0 Å². The molecule has 0 radical (unpaired) electrons. The third-order valence-corrected chi connectivity index (χ3v) is 5.16. The molecule has 0 aromatic carbocycles. The average Bonchev–Trinajstić information content (AvgIpc) is 2.26. The number of hydrogen-bond acceptors (Lipinski definition) is 3. The monoisotopic (exact) mass is 236 g/mol. The molecular formula is C14H20O3. The average molecular weight is 236 g/mol. The van der Waals surface area contributed by atoms with Gasteiger partial charge in [0.15, 0.2) is 0 Å². The van der Waals surface area contributed by atoms with Crippen LogP contribution in [0.1, 0.15) is 44.9 Å². The van der Waals surface area contributed by atoms with Crippen LogP contribution in [0.25, 0.3) is 0 Å². The molecule has 0 N–H and O–H groups in total. The summed E-state index contributed by atoms with van der Waals surface area (Å²) < 4.78 is 4.62. The van der Waals surface area contributed by atoms with E-state index in [-0.39, 0.29) is 23.6 Å². The second kappa shape index (κ2) is 3.82. The standard InChI is InChI=1S/C14H20O3/c1-17-13(16)5-12(15)14-6-9-2-10(7-14)4-11(3-9)8-14/h9-11H,2-8H2,1H3. The van der Waals surface area contributed by atoms with Crippen LogP contribution in [-0.4, -0.2) is 18.9 Å². The molecule has 0 aromatic heterocycles. The second-order valence-corrected chi connectivity index (χ2v) is 6.37. The fraction of sp³-hybridized carbons (Fsp3) is 0.857. The number of ketones is 1. The first-order valence-corrected chi connectivity index (χ1v) is 6.71. The minimum Gasteiger partial charge on any atom is -0.469 e. The summed E-state index contributed by atoms with van der Waals surface area (Å²) in [5.74, 6) is 2.04. The molecule has 0 aromatic rings. The summed E-state index contributed by atoms with van der Waals surface area (Å²) in [6, 6.07) is 0. The van der Waals surface area contributed by atoms with E-state index < -0.39 is 0 Å². The largest absolute Gasteiger partial charge is 0.469 e. The van der Waals surface area contributed by atoms with Gasteiger partial charge in [-0.1, -0.05) is 0 Å². The van der Waals surface area contributed by atoms with Crippen molar-refractivity contribution < 1.29 is 14.3 Å². The van der Waals surface area contributed by atoms with Gasteiger partial charge < -0.3 is 4.74 Å². The van der Waals surface area contributed by atoms with Gasteiger partial charge >= 0.3 is 5.97 Å². The first kappa shape index (κ1) is 11.2. The smallest absolute Gasteiger partial charge is 0.313 e. The topological polar surface area (TPSA) is 43.4 Å². The normalized spacial score (nSPS) is 42.5. The molecule has 0 atom stereocenters. The van der Waals surface area contributed by atoms with E-state index in [2.05, 4.69) is 4.74 Å². The number of methoxy groups -OCH3 is 1. The molecule has 4 rings (SSSR count). The van der Waals surface area contributed by atoms with Crippen molar-refractivity contribution in [3.05, 3.63) is 0 Å². The Morgan fingerprint density at radius 1 is 1.06 bits per heavy atom. The SMILES string of the molecule is COC(=O)CC(=O)C12CC3CC(CC(C3)C1)C2. The number of hydrogen-bond donors (Lipinski definition) is 0. The van der Waals surface area contributed by atoms with E-state index in [0.29, 0.717) is 0 Å². The molecule has 3 nitrogen and oxygen atoms in total. The van der Waals surface area contributed by atoms with E-state index in [1.807, 2.05) is 0 Å². The third kappa shape index (κ3) is 1.80. The molecule has 17 heavy (non-hydrogen) atoms. The van der Waals surface area contributed by atoms with Crippen molar-refractivity contribution in [2.45, 2.75) is 44.9 Å². The fourth-order valence-electron chi connectivity index (χ4n) is 4.84. The van der Waals surface area contributed by atoms with Crippen molar-refractivity contribution in [3.63, 3.8) is 0 Å². The Hall–Kier alpha value is -0.860. The number of esters is 1. The third-order valence-electron chi connectivity index (χ3n) is 5.16. The summed E-state index contributed by atoms with van der Waals surface area (Å²) >= 11 is 0. The van der Waals surface area contributed by atoms with Crippen molar-refractivity contribution in [1.82, 2.24) is 0 Å². The minimum atomic E-state index is -0.370. The lowest BCUT2D eigenvalue weighted by Crippen LogP contribution is -2.50. The zero-order valence-electron chi connectivity index (χ0n) is 10.4. The van der Waals surface area contributed by atoms with Crippen LogP contribution in [0.3, 0.4) is 0 Å². The van der Waals surface area contributed by atoms with E-state index in [4.69, 9.17) is 0 Å². The van der Waals surface area contributed by atoms with Crippen LogP contribution in [0.4, 0.5) is 0 Å². The van der Waals surface area contributed by atoms with Gasteiger partial charge in [0.05, 0.1) is 7.11 Å². The van der Waals surface area contributed by atoms with Gasteiger partial charge in [0.2, 0.25) is 0 Å². The highest BCUT2D eigenvalue weighted by Crippen LogP contribution is 2.60. The van der Waals surface area contributed by atoms with Gasteiger partial charge in [-0.3, -0.25) is 9.59 Å². The lowest BCUT2D eigenvalue weighted by Gasteiger charge is -2.55. The van der Waals surface area contributed by atoms with Gasteiger partial charge in [-0.05, 0) is 56.3 Å². The Bertz CT molecular complexity index is 323. The molecule has 0 unspecified atom stereocenters. The van der Waals surface area contributed by atoms with E-state index >= 15 is 0 Å². The Balaban J connectivity index is 1.77. The zero-order valence-corrected chi connectivity index (χ0v) is 10.4. The molecule has 4 aliphatic carbocycles. The van der Waals surface area contributed by atoms with Crippen molar-refractivity contribution in [2.75, 3.05) is 7.11 Å². The van der Waals surface area contributed by atoms with Gasteiger partial charge in [0.25, 0.3) is 0 Å². The molecule has 3 heteroatoms.